The zero-order valence-corrected chi connectivity index (χ0v) is 13.0. The van der Waals surface area contributed by atoms with Gasteiger partial charge in [0.15, 0.2) is 0 Å². The van der Waals surface area contributed by atoms with E-state index in [4.69, 9.17) is 4.74 Å². The minimum atomic E-state index is -0.440. The molecule has 0 spiro atoms. The predicted molar refractivity (Wildman–Crippen MR) is 80.2 cm³/mol. The molecule has 1 unspecified atom stereocenters. The minimum Gasteiger partial charge on any atom is -0.449 e. The molecule has 0 radical (unpaired) electrons. The number of nitrogens with zero attached hydrogens (tertiary/aromatic N) is 1. The van der Waals surface area contributed by atoms with Gasteiger partial charge in [-0.2, -0.15) is 0 Å². The molecule has 5 heteroatoms. The Bertz CT molecular complexity index is 568. The third kappa shape index (κ3) is 2.93. The lowest BCUT2D eigenvalue weighted by atomic mass is 9.93. The fraction of sp³-hybridized carbons (Fsp3) is 0.333. The van der Waals surface area contributed by atoms with E-state index in [-0.39, 0.29) is 18.2 Å². The number of rotatable bonds is 3. The number of amides is 1. The normalized spacial score (nSPS) is 17.2. The van der Waals surface area contributed by atoms with Crippen LogP contribution in [0.25, 0.3) is 4.48 Å². The standard InChI is InChI=1S/C15H16BrNO3/c1-3-20-15(19)17-9-13(16)11-6-4-5-7-12(11)14(17)8-10(2)18/h4-7,9,14H,3,8H2,1-2H3. The molecule has 0 fully saturated rings. The molecule has 1 amide bonds. The van der Waals surface area contributed by atoms with Crippen LogP contribution in [-0.4, -0.2) is 23.4 Å². The van der Waals surface area contributed by atoms with Crippen LogP contribution in [0.3, 0.4) is 0 Å². The smallest absolute Gasteiger partial charge is 0.414 e. The molecule has 1 aliphatic rings. The van der Waals surface area contributed by atoms with E-state index in [0.717, 1.165) is 15.6 Å². The number of fused-ring (bicyclic) bond motifs is 1. The summed E-state index contributed by atoms with van der Waals surface area (Å²) >= 11 is 3.47. The lowest BCUT2D eigenvalue weighted by Gasteiger charge is -2.33. The van der Waals surface area contributed by atoms with Crippen LogP contribution in [0, 0.1) is 0 Å². The van der Waals surface area contributed by atoms with Crippen molar-refractivity contribution in [2.75, 3.05) is 6.61 Å². The molecule has 0 saturated heterocycles. The zero-order chi connectivity index (χ0) is 14.7. The molecular formula is C15H16BrNO3. The molecule has 1 aliphatic heterocycles. The van der Waals surface area contributed by atoms with E-state index in [1.54, 1.807) is 13.1 Å². The summed E-state index contributed by atoms with van der Waals surface area (Å²) < 4.78 is 5.87. The summed E-state index contributed by atoms with van der Waals surface area (Å²) in [6.45, 7) is 3.59. The third-order valence-corrected chi connectivity index (χ3v) is 3.76. The van der Waals surface area contributed by atoms with Gasteiger partial charge in [-0.15, -0.1) is 0 Å². The molecule has 20 heavy (non-hydrogen) atoms. The number of ether oxygens (including phenoxy) is 1. The summed E-state index contributed by atoms with van der Waals surface area (Å²) in [7, 11) is 0. The molecule has 0 bridgehead atoms. The highest BCUT2D eigenvalue weighted by atomic mass is 79.9. The Morgan fingerprint density at radius 3 is 2.70 bits per heavy atom. The quantitative estimate of drug-likeness (QED) is 0.840. The number of ketones is 1. The van der Waals surface area contributed by atoms with Gasteiger partial charge in [0.2, 0.25) is 0 Å². The number of benzene rings is 1. The van der Waals surface area contributed by atoms with Crippen molar-refractivity contribution >= 4 is 32.3 Å². The summed E-state index contributed by atoms with van der Waals surface area (Å²) in [6, 6.07) is 7.42. The second kappa shape index (κ2) is 6.22. The van der Waals surface area contributed by atoms with Crippen molar-refractivity contribution in [3.05, 3.63) is 41.6 Å². The average Bonchev–Trinajstić information content (AvgIpc) is 2.41. The highest BCUT2D eigenvalue weighted by molar-refractivity contribution is 9.15. The second-order valence-electron chi connectivity index (χ2n) is 4.59. The fourth-order valence-corrected chi connectivity index (χ4v) is 2.88. The predicted octanol–water partition coefficient (Wildman–Crippen LogP) is 3.87. The molecule has 106 valence electrons. The van der Waals surface area contributed by atoms with Gasteiger partial charge in [-0.1, -0.05) is 24.3 Å². The van der Waals surface area contributed by atoms with Crippen LogP contribution in [0.15, 0.2) is 30.5 Å². The van der Waals surface area contributed by atoms with Crippen molar-refractivity contribution in [2.24, 2.45) is 0 Å². The van der Waals surface area contributed by atoms with Gasteiger partial charge >= 0.3 is 6.09 Å². The number of halogens is 1. The number of carbonyl (C=O) groups is 2. The summed E-state index contributed by atoms with van der Waals surface area (Å²) in [5, 5.41) is 0. The van der Waals surface area contributed by atoms with Crippen LogP contribution < -0.4 is 0 Å². The molecule has 1 aromatic carbocycles. The van der Waals surface area contributed by atoms with Crippen LogP contribution >= 0.6 is 15.9 Å². The first-order valence-corrected chi connectivity index (χ1v) is 7.25. The van der Waals surface area contributed by atoms with Gasteiger partial charge < -0.3 is 4.74 Å². The van der Waals surface area contributed by atoms with Crippen molar-refractivity contribution < 1.29 is 14.3 Å². The van der Waals surface area contributed by atoms with Crippen LogP contribution in [0.1, 0.15) is 37.4 Å². The molecule has 4 nitrogen and oxygen atoms in total. The molecule has 0 aromatic heterocycles. The van der Waals surface area contributed by atoms with Gasteiger partial charge in [0.05, 0.1) is 12.6 Å². The molecule has 2 rings (SSSR count). The number of carbonyl (C=O) groups excluding carboxylic acids is 2. The van der Waals surface area contributed by atoms with E-state index in [9.17, 15) is 9.59 Å². The maximum absolute atomic E-state index is 12.1. The van der Waals surface area contributed by atoms with Crippen LogP contribution in [0.5, 0.6) is 0 Å². The first kappa shape index (κ1) is 14.8. The van der Waals surface area contributed by atoms with Gasteiger partial charge in [0, 0.05) is 17.1 Å². The van der Waals surface area contributed by atoms with Gasteiger partial charge in [-0.3, -0.25) is 9.69 Å². The van der Waals surface area contributed by atoms with Gasteiger partial charge in [0.25, 0.3) is 0 Å². The maximum atomic E-state index is 12.1. The Morgan fingerprint density at radius 2 is 2.05 bits per heavy atom. The number of Topliss-reactive ketones (excluding diaryl/α,β-unsaturated/α-hetero) is 1. The Labute approximate surface area is 126 Å². The lowest BCUT2D eigenvalue weighted by molar-refractivity contribution is -0.117. The van der Waals surface area contributed by atoms with Crippen LogP contribution in [0.4, 0.5) is 4.79 Å². The summed E-state index contributed by atoms with van der Waals surface area (Å²) in [5.41, 5.74) is 1.95. The molecule has 1 aromatic rings. The highest BCUT2D eigenvalue weighted by Crippen LogP contribution is 2.39. The largest absolute Gasteiger partial charge is 0.449 e. The maximum Gasteiger partial charge on any atom is 0.414 e. The average molecular weight is 338 g/mol. The van der Waals surface area contributed by atoms with E-state index in [1.807, 2.05) is 24.3 Å². The highest BCUT2D eigenvalue weighted by Gasteiger charge is 2.31. The molecule has 1 atom stereocenters. The molecule has 0 saturated carbocycles. The molecular weight excluding hydrogens is 322 g/mol. The van der Waals surface area contributed by atoms with E-state index >= 15 is 0 Å². The second-order valence-corrected chi connectivity index (χ2v) is 5.45. The van der Waals surface area contributed by atoms with Crippen molar-refractivity contribution in [1.29, 1.82) is 0 Å². The van der Waals surface area contributed by atoms with Crippen molar-refractivity contribution in [1.82, 2.24) is 4.90 Å². The third-order valence-electron chi connectivity index (χ3n) is 3.12. The van der Waals surface area contributed by atoms with Gasteiger partial charge in [-0.05, 0) is 40.9 Å². The van der Waals surface area contributed by atoms with Gasteiger partial charge in [0.1, 0.15) is 5.78 Å². The van der Waals surface area contributed by atoms with Crippen LogP contribution in [-0.2, 0) is 9.53 Å². The SMILES string of the molecule is CCOC(=O)N1C=C(Br)c2ccccc2C1CC(C)=O. The zero-order valence-electron chi connectivity index (χ0n) is 11.4. The first-order valence-electron chi connectivity index (χ1n) is 6.45. The lowest BCUT2D eigenvalue weighted by Crippen LogP contribution is -2.34. The van der Waals surface area contributed by atoms with Crippen molar-refractivity contribution in [3.63, 3.8) is 0 Å². The Balaban J connectivity index is 2.44. The summed E-state index contributed by atoms with van der Waals surface area (Å²) in [4.78, 5) is 25.1. The number of hydrogen-bond acceptors (Lipinski definition) is 3. The van der Waals surface area contributed by atoms with Gasteiger partial charge in [-0.25, -0.2) is 4.79 Å². The molecule has 0 N–H and O–H groups in total. The summed E-state index contributed by atoms with van der Waals surface area (Å²) in [5.74, 6) is 0.0329. The topological polar surface area (TPSA) is 46.6 Å². The van der Waals surface area contributed by atoms with E-state index in [2.05, 4.69) is 15.9 Å². The molecule has 0 aliphatic carbocycles. The Hall–Kier alpha value is -1.62. The molecule has 1 heterocycles. The van der Waals surface area contributed by atoms with Crippen molar-refractivity contribution in [2.45, 2.75) is 26.3 Å². The summed E-state index contributed by atoms with van der Waals surface area (Å²) in [6.07, 6.45) is 1.52. The Kier molecular flexibility index (Phi) is 4.60. The van der Waals surface area contributed by atoms with E-state index in [1.165, 1.54) is 11.8 Å². The van der Waals surface area contributed by atoms with Crippen LogP contribution in [0.2, 0.25) is 0 Å². The minimum absolute atomic E-state index is 0.0329. The van der Waals surface area contributed by atoms with Crippen molar-refractivity contribution in [3.8, 4) is 0 Å². The Morgan fingerprint density at radius 1 is 1.35 bits per heavy atom. The first-order chi connectivity index (χ1) is 9.54. The van der Waals surface area contributed by atoms with E-state index in [0.29, 0.717) is 6.61 Å². The number of hydrogen-bond donors (Lipinski definition) is 0. The fourth-order valence-electron chi connectivity index (χ4n) is 2.30. The monoisotopic (exact) mass is 337 g/mol. The van der Waals surface area contributed by atoms with E-state index < -0.39 is 6.09 Å².